The van der Waals surface area contributed by atoms with Gasteiger partial charge < -0.3 is 5.32 Å². The van der Waals surface area contributed by atoms with E-state index in [0.717, 1.165) is 16.8 Å². The van der Waals surface area contributed by atoms with Crippen molar-refractivity contribution < 1.29 is 4.39 Å². The van der Waals surface area contributed by atoms with Crippen LogP contribution in [0.1, 0.15) is 17.2 Å². The Kier molecular flexibility index (Phi) is 3.35. The third kappa shape index (κ3) is 2.59. The highest BCUT2D eigenvalue weighted by Gasteiger charge is 2.23. The molecule has 6 heteroatoms. The second kappa shape index (κ2) is 5.52. The minimum Gasteiger partial charge on any atom is -0.324 e. The van der Waals surface area contributed by atoms with Crippen molar-refractivity contribution in [3.63, 3.8) is 0 Å². The third-order valence-electron chi connectivity index (χ3n) is 3.75. The molecule has 1 aliphatic rings. The van der Waals surface area contributed by atoms with E-state index in [1.165, 1.54) is 18.5 Å². The molecule has 1 aliphatic heterocycles. The average molecular weight is 327 g/mol. The van der Waals surface area contributed by atoms with Gasteiger partial charge in [0.25, 0.3) is 0 Å². The Labute approximate surface area is 137 Å². The van der Waals surface area contributed by atoms with E-state index in [0.29, 0.717) is 11.0 Å². The van der Waals surface area contributed by atoms with E-state index in [1.54, 1.807) is 16.8 Å². The lowest BCUT2D eigenvalue weighted by atomic mass is 10.0. The van der Waals surface area contributed by atoms with E-state index in [9.17, 15) is 4.39 Å². The number of allylic oxidation sites excluding steroid dienone is 1. The van der Waals surface area contributed by atoms with Crippen LogP contribution in [-0.4, -0.2) is 14.8 Å². The number of nitrogens with zero attached hydrogens (tertiary/aromatic N) is 3. The van der Waals surface area contributed by atoms with Gasteiger partial charge in [-0.25, -0.2) is 9.07 Å². The maximum Gasteiger partial charge on any atom is 0.226 e. The van der Waals surface area contributed by atoms with Crippen molar-refractivity contribution in [2.45, 2.75) is 6.04 Å². The number of fused-ring (bicyclic) bond motifs is 1. The molecule has 0 spiro atoms. The number of halogens is 2. The highest BCUT2D eigenvalue weighted by atomic mass is 35.5. The van der Waals surface area contributed by atoms with E-state index < -0.39 is 0 Å². The summed E-state index contributed by atoms with van der Waals surface area (Å²) in [6.07, 6.45) is 3.53. The third-order valence-corrected chi connectivity index (χ3v) is 3.99. The number of anilines is 1. The van der Waals surface area contributed by atoms with Gasteiger partial charge in [-0.05, 0) is 53.6 Å². The van der Waals surface area contributed by atoms with Crippen LogP contribution >= 0.6 is 11.6 Å². The molecule has 0 saturated heterocycles. The summed E-state index contributed by atoms with van der Waals surface area (Å²) in [5.41, 5.74) is 2.74. The Hall–Kier alpha value is -2.66. The van der Waals surface area contributed by atoms with Gasteiger partial charge in [-0.2, -0.15) is 10.1 Å². The standard InChI is InChI=1S/C17H12ClFN4/c18-13-3-1-2-12(8-13)16-9-15(11-4-6-14(19)7-5-11)22-17-20-10-21-23(16)17/h1-10,16H,(H,20,21,22). The van der Waals surface area contributed by atoms with Gasteiger partial charge in [0, 0.05) is 10.7 Å². The van der Waals surface area contributed by atoms with Gasteiger partial charge in [0.15, 0.2) is 0 Å². The largest absolute Gasteiger partial charge is 0.324 e. The normalized spacial score (nSPS) is 16.4. The molecule has 0 saturated carbocycles. The second-order valence-electron chi connectivity index (χ2n) is 5.24. The van der Waals surface area contributed by atoms with Crippen molar-refractivity contribution in [1.29, 1.82) is 0 Å². The fraction of sp³-hybridized carbons (Fsp3) is 0.0588. The zero-order valence-electron chi connectivity index (χ0n) is 11.9. The number of benzene rings is 2. The number of aromatic nitrogens is 3. The van der Waals surface area contributed by atoms with Crippen molar-refractivity contribution in [2.75, 3.05) is 5.32 Å². The first-order valence-electron chi connectivity index (χ1n) is 7.10. The first kappa shape index (κ1) is 14.0. The summed E-state index contributed by atoms with van der Waals surface area (Å²) in [5.74, 6) is 0.372. The molecule has 1 unspecified atom stereocenters. The Morgan fingerprint density at radius 2 is 1.96 bits per heavy atom. The molecule has 2 heterocycles. The molecular formula is C17H12ClFN4. The molecule has 114 valence electrons. The van der Waals surface area contributed by atoms with Crippen molar-refractivity contribution in [1.82, 2.24) is 14.8 Å². The molecule has 0 radical (unpaired) electrons. The number of nitrogens with one attached hydrogen (secondary N) is 1. The van der Waals surface area contributed by atoms with E-state index in [2.05, 4.69) is 15.4 Å². The van der Waals surface area contributed by atoms with E-state index in [-0.39, 0.29) is 11.9 Å². The molecule has 23 heavy (non-hydrogen) atoms. The maximum atomic E-state index is 13.1. The van der Waals surface area contributed by atoms with E-state index in [1.807, 2.05) is 30.3 Å². The zero-order valence-corrected chi connectivity index (χ0v) is 12.7. The molecule has 2 aromatic carbocycles. The minimum atomic E-state index is -0.264. The first-order chi connectivity index (χ1) is 11.2. The molecule has 0 aliphatic carbocycles. The molecule has 0 fully saturated rings. The summed E-state index contributed by atoms with van der Waals surface area (Å²) in [6, 6.07) is 13.8. The molecule has 3 aromatic rings. The summed E-state index contributed by atoms with van der Waals surface area (Å²) in [6.45, 7) is 0. The smallest absolute Gasteiger partial charge is 0.226 e. The lowest BCUT2D eigenvalue weighted by Gasteiger charge is -2.24. The van der Waals surface area contributed by atoms with E-state index in [4.69, 9.17) is 11.6 Å². The van der Waals surface area contributed by atoms with Gasteiger partial charge in [-0.15, -0.1) is 0 Å². The van der Waals surface area contributed by atoms with Crippen LogP contribution in [0, 0.1) is 5.82 Å². The van der Waals surface area contributed by atoms with Crippen LogP contribution in [0.25, 0.3) is 5.70 Å². The summed E-state index contributed by atoms with van der Waals surface area (Å²) in [4.78, 5) is 4.24. The SMILES string of the molecule is Fc1ccc(C2=CC(c3cccc(Cl)c3)n3ncnc3N2)cc1. The Morgan fingerprint density at radius 3 is 2.74 bits per heavy atom. The van der Waals surface area contributed by atoms with Crippen LogP contribution in [0.4, 0.5) is 10.3 Å². The average Bonchev–Trinajstić information content (AvgIpc) is 3.03. The van der Waals surface area contributed by atoms with Crippen LogP contribution in [-0.2, 0) is 0 Å². The molecule has 1 atom stereocenters. The van der Waals surface area contributed by atoms with Gasteiger partial charge >= 0.3 is 0 Å². The van der Waals surface area contributed by atoms with Gasteiger partial charge in [0.2, 0.25) is 5.95 Å². The number of rotatable bonds is 2. The predicted octanol–water partition coefficient (Wildman–Crippen LogP) is 4.13. The summed E-state index contributed by atoms with van der Waals surface area (Å²) in [7, 11) is 0. The Bertz CT molecular complexity index is 886. The minimum absolute atomic E-state index is 0.132. The lowest BCUT2D eigenvalue weighted by Crippen LogP contribution is -2.20. The second-order valence-corrected chi connectivity index (χ2v) is 5.68. The summed E-state index contributed by atoms with van der Waals surface area (Å²) >= 11 is 6.11. The quantitative estimate of drug-likeness (QED) is 0.770. The highest BCUT2D eigenvalue weighted by molar-refractivity contribution is 6.30. The Morgan fingerprint density at radius 1 is 1.13 bits per heavy atom. The predicted molar refractivity (Wildman–Crippen MR) is 87.6 cm³/mol. The van der Waals surface area contributed by atoms with Crippen LogP contribution in [0.15, 0.2) is 60.9 Å². The van der Waals surface area contributed by atoms with Gasteiger partial charge in [0.1, 0.15) is 18.2 Å². The zero-order chi connectivity index (χ0) is 15.8. The van der Waals surface area contributed by atoms with Gasteiger partial charge in [-0.3, -0.25) is 0 Å². The number of hydrogen-bond acceptors (Lipinski definition) is 3. The van der Waals surface area contributed by atoms with Gasteiger partial charge in [-0.1, -0.05) is 23.7 Å². The van der Waals surface area contributed by atoms with Gasteiger partial charge in [0.05, 0.1) is 0 Å². The summed E-state index contributed by atoms with van der Waals surface area (Å²) < 4.78 is 14.9. The van der Waals surface area contributed by atoms with Crippen LogP contribution in [0.3, 0.4) is 0 Å². The van der Waals surface area contributed by atoms with Crippen molar-refractivity contribution >= 4 is 23.2 Å². The van der Waals surface area contributed by atoms with Crippen molar-refractivity contribution in [3.05, 3.63) is 82.9 Å². The first-order valence-corrected chi connectivity index (χ1v) is 7.48. The molecule has 0 bridgehead atoms. The number of hydrogen-bond donors (Lipinski definition) is 1. The van der Waals surface area contributed by atoms with Crippen LogP contribution in [0.5, 0.6) is 0 Å². The van der Waals surface area contributed by atoms with Crippen LogP contribution in [0.2, 0.25) is 5.02 Å². The topological polar surface area (TPSA) is 42.7 Å². The molecular weight excluding hydrogens is 315 g/mol. The molecule has 4 nitrogen and oxygen atoms in total. The monoisotopic (exact) mass is 326 g/mol. The van der Waals surface area contributed by atoms with Crippen molar-refractivity contribution in [2.24, 2.45) is 0 Å². The van der Waals surface area contributed by atoms with Crippen LogP contribution < -0.4 is 5.32 Å². The Balaban J connectivity index is 1.81. The highest BCUT2D eigenvalue weighted by Crippen LogP contribution is 2.32. The fourth-order valence-electron chi connectivity index (χ4n) is 2.66. The molecule has 0 amide bonds. The maximum absolute atomic E-state index is 13.1. The lowest BCUT2D eigenvalue weighted by molar-refractivity contribution is 0.611. The molecule has 1 aromatic heterocycles. The summed E-state index contributed by atoms with van der Waals surface area (Å²) in [5, 5.41) is 8.17. The van der Waals surface area contributed by atoms with Crippen molar-refractivity contribution in [3.8, 4) is 0 Å². The fourth-order valence-corrected chi connectivity index (χ4v) is 2.86. The molecule has 4 rings (SSSR count). The molecule has 1 N–H and O–H groups in total. The van der Waals surface area contributed by atoms with E-state index >= 15 is 0 Å².